The van der Waals surface area contributed by atoms with E-state index in [1.807, 2.05) is 0 Å². The van der Waals surface area contributed by atoms with Gasteiger partial charge in [-0.2, -0.15) is 0 Å². The van der Waals surface area contributed by atoms with E-state index in [9.17, 15) is 19.3 Å². The third kappa shape index (κ3) is 5.63. The minimum absolute atomic E-state index is 0. The molecule has 2 aromatic carbocycles. The fourth-order valence-corrected chi connectivity index (χ4v) is 3.46. The number of rotatable bonds is 5. The highest BCUT2D eigenvalue weighted by Gasteiger charge is 2.10. The molecular formula is C18H15Cl2FN4O3S. The van der Waals surface area contributed by atoms with Gasteiger partial charge in [-0.1, -0.05) is 11.6 Å². The maximum atomic E-state index is 13.3. The summed E-state index contributed by atoms with van der Waals surface area (Å²) in [7, 11) is 1.77. The van der Waals surface area contributed by atoms with Crippen molar-refractivity contribution in [2.24, 2.45) is 12.0 Å². The molecule has 0 spiro atoms. The smallest absolute Gasteiger partial charge is 0.269 e. The summed E-state index contributed by atoms with van der Waals surface area (Å²) >= 11 is 7.11. The highest BCUT2D eigenvalue weighted by atomic mass is 35.5. The predicted octanol–water partition coefficient (Wildman–Crippen LogP) is 4.62. The van der Waals surface area contributed by atoms with Crippen LogP contribution in [-0.2, 0) is 18.3 Å². The first kappa shape index (κ1) is 22.5. The molecule has 0 radical (unpaired) electrons. The molecule has 0 saturated heterocycles. The van der Waals surface area contributed by atoms with Gasteiger partial charge in [0.05, 0.1) is 22.1 Å². The number of non-ortho nitro benzene ring substituents is 1. The Morgan fingerprint density at radius 1 is 1.31 bits per heavy atom. The molecule has 1 amide bonds. The van der Waals surface area contributed by atoms with Crippen LogP contribution in [0.3, 0.4) is 0 Å². The summed E-state index contributed by atoms with van der Waals surface area (Å²) in [6.07, 6.45) is 0.101. The number of aromatic nitrogens is 1. The summed E-state index contributed by atoms with van der Waals surface area (Å²) in [4.78, 5) is 27.5. The van der Waals surface area contributed by atoms with Crippen molar-refractivity contribution >= 4 is 58.3 Å². The van der Waals surface area contributed by atoms with Gasteiger partial charge in [-0.3, -0.25) is 14.9 Å². The third-order valence-corrected chi connectivity index (χ3v) is 5.11. The molecule has 29 heavy (non-hydrogen) atoms. The minimum Gasteiger partial charge on any atom is -0.326 e. The second-order valence-electron chi connectivity index (χ2n) is 5.81. The number of thiazole rings is 1. The average molecular weight is 457 g/mol. The van der Waals surface area contributed by atoms with Gasteiger partial charge < -0.3 is 9.88 Å². The number of hydrogen-bond acceptors (Lipinski definition) is 5. The molecule has 0 aliphatic rings. The quantitative estimate of drug-likeness (QED) is 0.448. The van der Waals surface area contributed by atoms with Gasteiger partial charge in [0.1, 0.15) is 5.82 Å². The maximum Gasteiger partial charge on any atom is 0.269 e. The SMILES string of the molecule is Cl.Cn1c(CC(=O)Nc2ccc([N+](=O)[O-])cc2)cs/c1=N/c1ccc(F)c(Cl)c1. The Morgan fingerprint density at radius 3 is 2.62 bits per heavy atom. The lowest BCUT2D eigenvalue weighted by Gasteiger charge is -2.06. The van der Waals surface area contributed by atoms with Crippen LogP contribution in [0.1, 0.15) is 5.69 Å². The van der Waals surface area contributed by atoms with Crippen LogP contribution in [0.2, 0.25) is 5.02 Å². The van der Waals surface area contributed by atoms with E-state index in [-0.39, 0.29) is 35.4 Å². The fourth-order valence-electron chi connectivity index (χ4n) is 2.36. The highest BCUT2D eigenvalue weighted by Crippen LogP contribution is 2.21. The first-order valence-corrected chi connectivity index (χ1v) is 9.27. The van der Waals surface area contributed by atoms with Gasteiger partial charge in [-0.25, -0.2) is 9.38 Å². The zero-order valence-corrected chi connectivity index (χ0v) is 17.4. The van der Waals surface area contributed by atoms with Crippen LogP contribution in [0.25, 0.3) is 0 Å². The van der Waals surface area contributed by atoms with Crippen molar-refractivity contribution in [2.75, 3.05) is 5.32 Å². The summed E-state index contributed by atoms with van der Waals surface area (Å²) in [5.41, 5.74) is 1.66. The van der Waals surface area contributed by atoms with Crippen LogP contribution in [0, 0.1) is 15.9 Å². The highest BCUT2D eigenvalue weighted by molar-refractivity contribution is 7.07. The van der Waals surface area contributed by atoms with Crippen LogP contribution in [0.4, 0.5) is 21.5 Å². The molecule has 0 unspecified atom stereocenters. The first-order valence-electron chi connectivity index (χ1n) is 8.01. The number of nitrogens with zero attached hydrogens (tertiary/aromatic N) is 3. The molecule has 3 aromatic rings. The van der Waals surface area contributed by atoms with E-state index in [1.54, 1.807) is 17.0 Å². The van der Waals surface area contributed by atoms with Crippen LogP contribution < -0.4 is 10.1 Å². The standard InChI is InChI=1S/C18H14ClFN4O3S.ClH/c1-23-14(9-17(25)21-11-2-5-13(6-3-11)24(26)27)10-28-18(23)22-12-4-7-16(20)15(19)8-12;/h2-8,10H,9H2,1H3,(H,21,25);1H/b22-18+;. The Hall–Kier alpha value is -2.75. The number of nitrogens with one attached hydrogen (secondary N) is 1. The van der Waals surface area contributed by atoms with Crippen LogP contribution in [0.5, 0.6) is 0 Å². The molecular weight excluding hydrogens is 442 g/mol. The molecule has 0 aliphatic carbocycles. The van der Waals surface area contributed by atoms with E-state index >= 15 is 0 Å². The van der Waals surface area contributed by atoms with Crippen LogP contribution in [-0.4, -0.2) is 15.4 Å². The zero-order chi connectivity index (χ0) is 20.3. The topological polar surface area (TPSA) is 89.5 Å². The number of benzene rings is 2. The Labute approximate surface area is 180 Å². The van der Waals surface area contributed by atoms with Gasteiger partial charge in [-0.15, -0.1) is 23.7 Å². The molecule has 0 saturated carbocycles. The lowest BCUT2D eigenvalue weighted by atomic mass is 10.2. The van der Waals surface area contributed by atoms with Gasteiger partial charge in [0, 0.05) is 35.9 Å². The monoisotopic (exact) mass is 456 g/mol. The lowest BCUT2D eigenvalue weighted by molar-refractivity contribution is -0.384. The number of nitro benzene ring substituents is 1. The normalized spacial score (nSPS) is 11.1. The number of hydrogen-bond donors (Lipinski definition) is 1. The van der Waals surface area contributed by atoms with Crippen molar-refractivity contribution in [3.63, 3.8) is 0 Å². The average Bonchev–Trinajstić information content (AvgIpc) is 2.98. The molecule has 7 nitrogen and oxygen atoms in total. The molecule has 0 atom stereocenters. The van der Waals surface area contributed by atoms with E-state index in [2.05, 4.69) is 10.3 Å². The van der Waals surface area contributed by atoms with Gasteiger partial charge in [-0.05, 0) is 30.3 Å². The summed E-state index contributed by atoms with van der Waals surface area (Å²) in [5.74, 6) is -0.779. The van der Waals surface area contributed by atoms with Crippen molar-refractivity contribution in [2.45, 2.75) is 6.42 Å². The fraction of sp³-hybridized carbons (Fsp3) is 0.111. The van der Waals surface area contributed by atoms with Crippen molar-refractivity contribution in [3.8, 4) is 0 Å². The van der Waals surface area contributed by atoms with E-state index in [0.717, 1.165) is 5.69 Å². The van der Waals surface area contributed by atoms with Crippen LogP contribution in [0.15, 0.2) is 52.8 Å². The van der Waals surface area contributed by atoms with E-state index in [4.69, 9.17) is 11.6 Å². The van der Waals surface area contributed by atoms with E-state index in [1.165, 1.54) is 53.8 Å². The molecule has 0 fully saturated rings. The number of amides is 1. The molecule has 11 heteroatoms. The maximum absolute atomic E-state index is 13.3. The molecule has 152 valence electrons. The second kappa shape index (κ2) is 9.64. The van der Waals surface area contributed by atoms with Gasteiger partial charge in [0.2, 0.25) is 5.91 Å². The Morgan fingerprint density at radius 2 is 2.00 bits per heavy atom. The molecule has 1 aromatic heterocycles. The molecule has 0 aliphatic heterocycles. The van der Waals surface area contributed by atoms with Gasteiger partial charge >= 0.3 is 0 Å². The second-order valence-corrected chi connectivity index (χ2v) is 7.05. The zero-order valence-electron chi connectivity index (χ0n) is 15.0. The van der Waals surface area contributed by atoms with Crippen molar-refractivity contribution in [1.82, 2.24) is 4.57 Å². The summed E-state index contributed by atoms with van der Waals surface area (Å²) in [6.45, 7) is 0. The van der Waals surface area contributed by atoms with Crippen molar-refractivity contribution in [1.29, 1.82) is 0 Å². The Balaban J connectivity index is 0.00000300. The predicted molar refractivity (Wildman–Crippen MR) is 113 cm³/mol. The Bertz CT molecular complexity index is 1110. The van der Waals surface area contributed by atoms with Gasteiger partial charge in [0.25, 0.3) is 5.69 Å². The van der Waals surface area contributed by atoms with Crippen molar-refractivity contribution < 1.29 is 14.1 Å². The van der Waals surface area contributed by atoms with E-state index < -0.39 is 10.7 Å². The number of carbonyl (C=O) groups excluding carboxylic acids is 1. The third-order valence-electron chi connectivity index (χ3n) is 3.85. The molecule has 0 bridgehead atoms. The van der Waals surface area contributed by atoms with Crippen LogP contribution >= 0.6 is 35.3 Å². The van der Waals surface area contributed by atoms with Gasteiger partial charge in [0.15, 0.2) is 4.80 Å². The largest absolute Gasteiger partial charge is 0.326 e. The minimum atomic E-state index is -0.514. The molecule has 1 N–H and O–H groups in total. The van der Waals surface area contributed by atoms with Crippen molar-refractivity contribution in [3.05, 3.63) is 79.3 Å². The number of nitro groups is 1. The molecule has 1 heterocycles. The summed E-state index contributed by atoms with van der Waals surface area (Å²) in [5, 5.41) is 15.2. The molecule has 3 rings (SSSR count). The number of halogens is 3. The number of anilines is 1. The Kier molecular flexibility index (Phi) is 7.49. The summed E-state index contributed by atoms with van der Waals surface area (Å²) in [6, 6.07) is 9.79. The summed E-state index contributed by atoms with van der Waals surface area (Å²) < 4.78 is 15.0. The first-order chi connectivity index (χ1) is 13.3. The number of carbonyl (C=O) groups is 1. The lowest BCUT2D eigenvalue weighted by Crippen LogP contribution is -2.19. The van der Waals surface area contributed by atoms with E-state index in [0.29, 0.717) is 16.2 Å².